The lowest BCUT2D eigenvalue weighted by atomic mass is 10.3. The van der Waals surface area contributed by atoms with Gasteiger partial charge in [0.15, 0.2) is 0 Å². The molecule has 7 nitrogen and oxygen atoms in total. The van der Waals surface area contributed by atoms with Crippen molar-refractivity contribution in [2.24, 2.45) is 0 Å². The van der Waals surface area contributed by atoms with Crippen molar-refractivity contribution in [3.63, 3.8) is 0 Å². The lowest BCUT2D eigenvalue weighted by Gasteiger charge is -2.35. The summed E-state index contributed by atoms with van der Waals surface area (Å²) in [6.07, 6.45) is 2.60. The first-order valence-corrected chi connectivity index (χ1v) is 8.06. The van der Waals surface area contributed by atoms with Crippen molar-refractivity contribution in [3.05, 3.63) is 24.2 Å². The highest BCUT2D eigenvalue weighted by Crippen LogP contribution is 2.22. The van der Waals surface area contributed by atoms with Gasteiger partial charge in [0.05, 0.1) is 18.5 Å². The van der Waals surface area contributed by atoms with Gasteiger partial charge in [-0.25, -0.2) is 9.97 Å². The van der Waals surface area contributed by atoms with E-state index in [1.807, 2.05) is 18.3 Å². The zero-order valence-electron chi connectivity index (χ0n) is 12.6. The van der Waals surface area contributed by atoms with Gasteiger partial charge in [0, 0.05) is 51.2 Å². The van der Waals surface area contributed by atoms with Crippen LogP contribution < -0.4 is 15.5 Å². The van der Waals surface area contributed by atoms with Gasteiger partial charge in [0.25, 0.3) is 0 Å². The zero-order chi connectivity index (χ0) is 15.4. The molecule has 0 bridgehead atoms. The Morgan fingerprint density at radius 3 is 2.68 bits per heavy atom. The molecule has 1 aliphatic rings. The number of piperazine rings is 1. The first-order valence-electron chi connectivity index (χ1n) is 7.29. The normalized spacial score (nSPS) is 15.3. The van der Waals surface area contributed by atoms with E-state index in [4.69, 9.17) is 10.5 Å². The van der Waals surface area contributed by atoms with Crippen molar-refractivity contribution in [2.45, 2.75) is 6.42 Å². The minimum absolute atomic E-state index is 0.555. The minimum Gasteiger partial charge on any atom is -0.384 e. The second-order valence-corrected chi connectivity index (χ2v) is 5.88. The Morgan fingerprint density at radius 2 is 2.00 bits per heavy atom. The van der Waals surface area contributed by atoms with Gasteiger partial charge in [0.2, 0.25) is 5.13 Å². The fourth-order valence-electron chi connectivity index (χ4n) is 2.41. The van der Waals surface area contributed by atoms with E-state index in [-0.39, 0.29) is 0 Å². The topological polar surface area (TPSA) is 80.4 Å². The lowest BCUT2D eigenvalue weighted by molar-refractivity contribution is 0.201. The predicted octanol–water partition coefficient (Wildman–Crippen LogP) is 1.03. The van der Waals surface area contributed by atoms with Crippen molar-refractivity contribution < 1.29 is 4.74 Å². The molecule has 1 saturated heterocycles. The largest absolute Gasteiger partial charge is 0.384 e. The van der Waals surface area contributed by atoms with Gasteiger partial charge in [-0.1, -0.05) is 0 Å². The van der Waals surface area contributed by atoms with Crippen LogP contribution in [0, 0.1) is 0 Å². The quantitative estimate of drug-likeness (QED) is 0.881. The third-order valence-corrected chi connectivity index (χ3v) is 4.49. The zero-order valence-corrected chi connectivity index (χ0v) is 13.4. The van der Waals surface area contributed by atoms with Crippen LogP contribution in [0.4, 0.5) is 16.6 Å². The van der Waals surface area contributed by atoms with Crippen LogP contribution >= 0.6 is 11.5 Å². The highest BCUT2D eigenvalue weighted by molar-refractivity contribution is 7.09. The Morgan fingerprint density at radius 1 is 1.23 bits per heavy atom. The SMILES string of the molecule is COCCc1nsc(N2CCN(c3ccc(N)nc3)CC2)n1. The second kappa shape index (κ2) is 6.89. The number of aromatic nitrogens is 3. The monoisotopic (exact) mass is 320 g/mol. The molecule has 22 heavy (non-hydrogen) atoms. The first-order chi connectivity index (χ1) is 10.8. The predicted molar refractivity (Wildman–Crippen MR) is 88.6 cm³/mol. The molecule has 0 radical (unpaired) electrons. The molecule has 2 aromatic heterocycles. The van der Waals surface area contributed by atoms with Gasteiger partial charge in [-0.3, -0.25) is 0 Å². The molecule has 3 heterocycles. The Hall–Kier alpha value is -1.93. The van der Waals surface area contributed by atoms with E-state index in [2.05, 4.69) is 24.1 Å². The molecule has 0 unspecified atom stereocenters. The van der Waals surface area contributed by atoms with Crippen LogP contribution in [0.15, 0.2) is 18.3 Å². The second-order valence-electron chi connectivity index (χ2n) is 5.15. The summed E-state index contributed by atoms with van der Waals surface area (Å²) < 4.78 is 9.45. The van der Waals surface area contributed by atoms with Crippen LogP contribution in [0.1, 0.15) is 5.82 Å². The molecule has 2 N–H and O–H groups in total. The molecule has 0 aromatic carbocycles. The molecule has 1 fully saturated rings. The summed E-state index contributed by atoms with van der Waals surface area (Å²) in [4.78, 5) is 13.3. The number of ether oxygens (including phenoxy) is 1. The molecular weight excluding hydrogens is 300 g/mol. The summed E-state index contributed by atoms with van der Waals surface area (Å²) >= 11 is 1.47. The van der Waals surface area contributed by atoms with Gasteiger partial charge in [-0.2, -0.15) is 4.37 Å². The Kier molecular flexibility index (Phi) is 4.69. The van der Waals surface area contributed by atoms with Crippen molar-refractivity contribution in [1.29, 1.82) is 0 Å². The average molecular weight is 320 g/mol. The number of hydrogen-bond donors (Lipinski definition) is 1. The van der Waals surface area contributed by atoms with Gasteiger partial charge in [-0.05, 0) is 12.1 Å². The van der Waals surface area contributed by atoms with Crippen molar-refractivity contribution in [1.82, 2.24) is 14.3 Å². The Labute approximate surface area is 133 Å². The number of methoxy groups -OCH3 is 1. The molecular formula is C14H20N6OS. The molecule has 2 aromatic rings. The van der Waals surface area contributed by atoms with E-state index in [0.717, 1.165) is 49.2 Å². The van der Waals surface area contributed by atoms with Crippen molar-refractivity contribution >= 4 is 28.2 Å². The molecule has 3 rings (SSSR count). The number of rotatable bonds is 5. The molecule has 8 heteroatoms. The maximum atomic E-state index is 5.63. The molecule has 0 aliphatic carbocycles. The number of pyridine rings is 1. The summed E-state index contributed by atoms with van der Waals surface area (Å²) in [5.74, 6) is 1.42. The molecule has 0 atom stereocenters. The van der Waals surface area contributed by atoms with E-state index < -0.39 is 0 Å². The Bertz CT molecular complexity index is 594. The average Bonchev–Trinajstić information content (AvgIpc) is 3.03. The highest BCUT2D eigenvalue weighted by Gasteiger charge is 2.20. The summed E-state index contributed by atoms with van der Waals surface area (Å²) in [6.45, 7) is 4.41. The third kappa shape index (κ3) is 3.45. The fraction of sp³-hybridized carbons (Fsp3) is 0.500. The van der Waals surface area contributed by atoms with E-state index in [0.29, 0.717) is 12.4 Å². The molecule has 0 saturated carbocycles. The van der Waals surface area contributed by atoms with Crippen LogP contribution in [-0.4, -0.2) is 54.2 Å². The summed E-state index contributed by atoms with van der Waals surface area (Å²) in [5, 5.41) is 1.00. The van der Waals surface area contributed by atoms with Crippen LogP contribution in [0.25, 0.3) is 0 Å². The standard InChI is InChI=1S/C14H20N6OS/c1-21-9-4-13-17-14(22-18-13)20-7-5-19(6-8-20)11-2-3-12(15)16-10-11/h2-3,10H,4-9H2,1H3,(H2,15,16). The van der Waals surface area contributed by atoms with Crippen molar-refractivity contribution in [3.8, 4) is 0 Å². The number of nitrogen functional groups attached to an aromatic ring is 1. The lowest BCUT2D eigenvalue weighted by Crippen LogP contribution is -2.46. The van der Waals surface area contributed by atoms with Gasteiger partial charge in [0.1, 0.15) is 11.6 Å². The van der Waals surface area contributed by atoms with Crippen molar-refractivity contribution in [2.75, 3.05) is 55.4 Å². The highest BCUT2D eigenvalue weighted by atomic mass is 32.1. The molecule has 118 valence electrons. The summed E-state index contributed by atoms with van der Waals surface area (Å²) in [5.41, 5.74) is 6.75. The molecule has 1 aliphatic heterocycles. The first kappa shape index (κ1) is 15.0. The van der Waals surface area contributed by atoms with E-state index in [1.165, 1.54) is 11.5 Å². The van der Waals surface area contributed by atoms with Crippen LogP contribution in [0.3, 0.4) is 0 Å². The van der Waals surface area contributed by atoms with Crippen LogP contribution in [-0.2, 0) is 11.2 Å². The van der Waals surface area contributed by atoms with E-state index >= 15 is 0 Å². The fourth-order valence-corrected chi connectivity index (χ4v) is 3.17. The van der Waals surface area contributed by atoms with Crippen LogP contribution in [0.2, 0.25) is 0 Å². The number of nitrogens with zero attached hydrogens (tertiary/aromatic N) is 5. The summed E-state index contributed by atoms with van der Waals surface area (Å²) in [6, 6.07) is 3.86. The minimum atomic E-state index is 0.555. The molecule has 0 spiro atoms. The van der Waals surface area contributed by atoms with Gasteiger partial charge >= 0.3 is 0 Å². The molecule has 0 amide bonds. The maximum Gasteiger partial charge on any atom is 0.205 e. The van der Waals surface area contributed by atoms with E-state index in [1.54, 1.807) is 7.11 Å². The number of hydrogen-bond acceptors (Lipinski definition) is 8. The Balaban J connectivity index is 1.57. The third-order valence-electron chi connectivity index (χ3n) is 3.67. The van der Waals surface area contributed by atoms with E-state index in [9.17, 15) is 0 Å². The summed E-state index contributed by atoms with van der Waals surface area (Å²) in [7, 11) is 1.69. The maximum absolute atomic E-state index is 5.63. The number of nitrogens with two attached hydrogens (primary N) is 1. The van der Waals surface area contributed by atoms with Crippen LogP contribution in [0.5, 0.6) is 0 Å². The smallest absolute Gasteiger partial charge is 0.205 e. The number of anilines is 3. The van der Waals surface area contributed by atoms with Gasteiger partial charge in [-0.15, -0.1) is 0 Å². The van der Waals surface area contributed by atoms with Gasteiger partial charge < -0.3 is 20.3 Å².